The van der Waals surface area contributed by atoms with E-state index >= 15 is 0 Å². The maximum atomic E-state index is 12.0. The second-order valence-corrected chi connectivity index (χ2v) is 5.14. The topological polar surface area (TPSA) is 80.3 Å². The van der Waals surface area contributed by atoms with Crippen LogP contribution in [0.15, 0.2) is 24.5 Å². The zero-order chi connectivity index (χ0) is 15.7. The van der Waals surface area contributed by atoms with Gasteiger partial charge in [0.2, 0.25) is 0 Å². The molecule has 0 saturated carbocycles. The first kappa shape index (κ1) is 16.9. The van der Waals surface area contributed by atoms with Crippen molar-refractivity contribution in [2.45, 2.75) is 33.2 Å². The molecule has 21 heavy (non-hydrogen) atoms. The van der Waals surface area contributed by atoms with Gasteiger partial charge in [0.1, 0.15) is 0 Å². The van der Waals surface area contributed by atoms with E-state index in [1.807, 2.05) is 0 Å². The molecule has 1 atom stereocenters. The van der Waals surface area contributed by atoms with E-state index in [0.717, 1.165) is 6.42 Å². The molecule has 1 heterocycles. The van der Waals surface area contributed by atoms with Crippen LogP contribution in [0.3, 0.4) is 0 Å². The third-order valence-electron chi connectivity index (χ3n) is 2.79. The lowest BCUT2D eigenvalue weighted by Gasteiger charge is -2.20. The second kappa shape index (κ2) is 8.94. The Morgan fingerprint density at radius 1 is 1.38 bits per heavy atom. The first-order chi connectivity index (χ1) is 10.0. The highest BCUT2D eigenvalue weighted by Crippen LogP contribution is 2.05. The second-order valence-electron chi connectivity index (χ2n) is 5.14. The van der Waals surface area contributed by atoms with E-state index in [1.54, 1.807) is 25.3 Å². The average Bonchev–Trinajstić information content (AvgIpc) is 2.45. The molecule has 6 heteroatoms. The maximum absolute atomic E-state index is 12.0. The number of carbonyl (C=O) groups excluding carboxylic acids is 2. The molecule has 0 bridgehead atoms. The van der Waals surface area contributed by atoms with Gasteiger partial charge in [0, 0.05) is 25.0 Å². The number of rotatable bonds is 7. The smallest absolute Gasteiger partial charge is 0.407 e. The van der Waals surface area contributed by atoms with Gasteiger partial charge in [-0.25, -0.2) is 4.79 Å². The Kier molecular flexibility index (Phi) is 7.21. The molecular formula is C15H23N3O3. The molecule has 2 N–H and O–H groups in total. The van der Waals surface area contributed by atoms with E-state index < -0.39 is 6.09 Å². The summed E-state index contributed by atoms with van der Waals surface area (Å²) < 4.78 is 4.87. The highest BCUT2D eigenvalue weighted by atomic mass is 16.5. The standard InChI is InChI=1S/C15H23N3O3/c1-4-21-15(20)18-13(8-11(2)3)10-17-14(19)12-6-5-7-16-9-12/h5-7,9,11,13H,4,8,10H2,1-3H3,(H,17,19)(H,18,20)/t13-/m0/s1. The molecule has 1 rings (SSSR count). The minimum absolute atomic E-state index is 0.162. The van der Waals surface area contributed by atoms with Gasteiger partial charge in [-0.15, -0.1) is 0 Å². The lowest BCUT2D eigenvalue weighted by atomic mass is 10.0. The molecule has 1 aromatic heterocycles. The first-order valence-corrected chi connectivity index (χ1v) is 7.14. The van der Waals surface area contributed by atoms with Crippen LogP contribution in [0, 0.1) is 5.92 Å². The van der Waals surface area contributed by atoms with Crippen LogP contribution in [-0.2, 0) is 4.74 Å². The molecule has 0 aliphatic rings. The molecule has 0 spiro atoms. The van der Waals surface area contributed by atoms with Crippen molar-refractivity contribution < 1.29 is 14.3 Å². The summed E-state index contributed by atoms with van der Waals surface area (Å²) in [5.41, 5.74) is 0.497. The van der Waals surface area contributed by atoms with Crippen LogP contribution in [-0.4, -0.2) is 36.2 Å². The Bertz CT molecular complexity index is 449. The van der Waals surface area contributed by atoms with Crippen molar-refractivity contribution in [2.24, 2.45) is 5.92 Å². The molecule has 6 nitrogen and oxygen atoms in total. The van der Waals surface area contributed by atoms with Gasteiger partial charge in [-0.05, 0) is 31.4 Å². The van der Waals surface area contributed by atoms with Gasteiger partial charge in [-0.3, -0.25) is 9.78 Å². The molecule has 0 aliphatic heterocycles. The number of nitrogens with one attached hydrogen (secondary N) is 2. The van der Waals surface area contributed by atoms with Crippen LogP contribution in [0.25, 0.3) is 0 Å². The molecule has 0 aromatic carbocycles. The van der Waals surface area contributed by atoms with Gasteiger partial charge < -0.3 is 15.4 Å². The third kappa shape index (κ3) is 6.74. The van der Waals surface area contributed by atoms with E-state index in [9.17, 15) is 9.59 Å². The van der Waals surface area contributed by atoms with Crippen molar-refractivity contribution in [3.63, 3.8) is 0 Å². The molecular weight excluding hydrogens is 270 g/mol. The predicted molar refractivity (Wildman–Crippen MR) is 80.0 cm³/mol. The van der Waals surface area contributed by atoms with Gasteiger partial charge in [-0.2, -0.15) is 0 Å². The Balaban J connectivity index is 2.52. The number of ether oxygens (including phenoxy) is 1. The first-order valence-electron chi connectivity index (χ1n) is 7.14. The lowest BCUT2D eigenvalue weighted by molar-refractivity contribution is 0.0944. The number of pyridine rings is 1. The van der Waals surface area contributed by atoms with E-state index in [2.05, 4.69) is 29.5 Å². The van der Waals surface area contributed by atoms with E-state index in [0.29, 0.717) is 24.6 Å². The summed E-state index contributed by atoms with van der Waals surface area (Å²) in [6, 6.07) is 3.24. The summed E-state index contributed by atoms with van der Waals surface area (Å²) in [6.07, 6.45) is 3.41. The molecule has 0 unspecified atom stereocenters. The van der Waals surface area contributed by atoms with Crippen molar-refractivity contribution in [3.05, 3.63) is 30.1 Å². The minimum Gasteiger partial charge on any atom is -0.450 e. The molecule has 0 radical (unpaired) electrons. The molecule has 0 saturated heterocycles. The van der Waals surface area contributed by atoms with Crippen molar-refractivity contribution in [1.29, 1.82) is 0 Å². The summed E-state index contributed by atoms with van der Waals surface area (Å²) in [6.45, 7) is 6.54. The number of aromatic nitrogens is 1. The fourth-order valence-electron chi connectivity index (χ4n) is 1.92. The number of hydrogen-bond acceptors (Lipinski definition) is 4. The molecule has 1 aromatic rings. The average molecular weight is 293 g/mol. The maximum Gasteiger partial charge on any atom is 0.407 e. The normalized spacial score (nSPS) is 11.8. The highest BCUT2D eigenvalue weighted by molar-refractivity contribution is 5.93. The van der Waals surface area contributed by atoms with Gasteiger partial charge in [-0.1, -0.05) is 13.8 Å². The molecule has 0 fully saturated rings. The van der Waals surface area contributed by atoms with Crippen LogP contribution >= 0.6 is 0 Å². The van der Waals surface area contributed by atoms with Crippen molar-refractivity contribution >= 4 is 12.0 Å². The van der Waals surface area contributed by atoms with Gasteiger partial charge in [0.05, 0.1) is 12.2 Å². The summed E-state index contributed by atoms with van der Waals surface area (Å²) in [4.78, 5) is 27.3. The van der Waals surface area contributed by atoms with Crippen LogP contribution in [0.2, 0.25) is 0 Å². The minimum atomic E-state index is -0.459. The summed E-state index contributed by atoms with van der Waals surface area (Å²) in [5.74, 6) is 0.190. The predicted octanol–water partition coefficient (Wildman–Crippen LogP) is 1.97. The van der Waals surface area contributed by atoms with E-state index in [4.69, 9.17) is 4.74 Å². The van der Waals surface area contributed by atoms with Crippen molar-refractivity contribution in [3.8, 4) is 0 Å². The summed E-state index contributed by atoms with van der Waals surface area (Å²) >= 11 is 0. The zero-order valence-electron chi connectivity index (χ0n) is 12.8. The number of alkyl carbamates (subject to hydrolysis) is 1. The third-order valence-corrected chi connectivity index (χ3v) is 2.79. The van der Waals surface area contributed by atoms with E-state index in [-0.39, 0.29) is 11.9 Å². The fourth-order valence-corrected chi connectivity index (χ4v) is 1.92. The number of carbonyl (C=O) groups is 2. The van der Waals surface area contributed by atoms with Crippen molar-refractivity contribution in [1.82, 2.24) is 15.6 Å². The van der Waals surface area contributed by atoms with Crippen LogP contribution in [0.5, 0.6) is 0 Å². The number of nitrogens with zero attached hydrogens (tertiary/aromatic N) is 1. The Morgan fingerprint density at radius 2 is 2.14 bits per heavy atom. The SMILES string of the molecule is CCOC(=O)N[C@H](CNC(=O)c1cccnc1)CC(C)C. The monoisotopic (exact) mass is 293 g/mol. The number of amides is 2. The molecule has 0 aliphatic carbocycles. The molecule has 2 amide bonds. The Hall–Kier alpha value is -2.11. The highest BCUT2D eigenvalue weighted by Gasteiger charge is 2.16. The van der Waals surface area contributed by atoms with Crippen molar-refractivity contribution in [2.75, 3.05) is 13.2 Å². The van der Waals surface area contributed by atoms with Gasteiger partial charge in [0.25, 0.3) is 5.91 Å². The fraction of sp³-hybridized carbons (Fsp3) is 0.533. The van der Waals surface area contributed by atoms with Crippen LogP contribution < -0.4 is 10.6 Å². The lowest BCUT2D eigenvalue weighted by Crippen LogP contribution is -2.44. The van der Waals surface area contributed by atoms with Gasteiger partial charge >= 0.3 is 6.09 Å². The Labute approximate surface area is 125 Å². The van der Waals surface area contributed by atoms with Crippen LogP contribution in [0.4, 0.5) is 4.79 Å². The summed E-state index contributed by atoms with van der Waals surface area (Å²) in [5, 5.41) is 5.57. The van der Waals surface area contributed by atoms with Gasteiger partial charge in [0.15, 0.2) is 0 Å². The van der Waals surface area contributed by atoms with Crippen LogP contribution in [0.1, 0.15) is 37.6 Å². The Morgan fingerprint density at radius 3 is 2.71 bits per heavy atom. The number of hydrogen-bond donors (Lipinski definition) is 2. The quantitative estimate of drug-likeness (QED) is 0.805. The van der Waals surface area contributed by atoms with E-state index in [1.165, 1.54) is 6.20 Å². The molecule has 116 valence electrons. The zero-order valence-corrected chi connectivity index (χ0v) is 12.8. The largest absolute Gasteiger partial charge is 0.450 e. The summed E-state index contributed by atoms with van der Waals surface area (Å²) in [7, 11) is 0.